The maximum Gasteiger partial charge on any atom is 0.231 e. The predicted octanol–water partition coefficient (Wildman–Crippen LogP) is 8.29. The van der Waals surface area contributed by atoms with Crippen LogP contribution >= 0.6 is 0 Å². The highest BCUT2D eigenvalue weighted by Gasteiger charge is 2.19. The van der Waals surface area contributed by atoms with E-state index in [0.717, 1.165) is 51.5 Å². The summed E-state index contributed by atoms with van der Waals surface area (Å²) in [7, 11) is 3.25. The zero-order valence-corrected chi connectivity index (χ0v) is 25.8. The Bertz CT molecular complexity index is 2190. The first kappa shape index (κ1) is 28.6. The van der Waals surface area contributed by atoms with Gasteiger partial charge in [0.25, 0.3) is 0 Å². The van der Waals surface area contributed by atoms with Crippen molar-refractivity contribution in [3.05, 3.63) is 95.6 Å². The summed E-state index contributed by atoms with van der Waals surface area (Å²) in [5.74, 6) is 5.48. The SMILES string of the molecule is COc1cc(CC/C=C(\C=O)Cc2cc(OC)c3oc(-c4ccc5c(c4)OCO5)cc3c2)cc2cc(-c3ccc4c(c3)OCO4)oc12. The molecule has 0 unspecified atom stereocenters. The summed E-state index contributed by atoms with van der Waals surface area (Å²) in [4.78, 5) is 12.1. The molecule has 0 atom stereocenters. The lowest BCUT2D eigenvalue weighted by atomic mass is 10.0. The normalized spacial score (nSPS) is 13.4. The highest BCUT2D eigenvalue weighted by Crippen LogP contribution is 2.41. The fourth-order valence-electron chi connectivity index (χ4n) is 6.12. The number of rotatable bonds is 10. The zero-order valence-electron chi connectivity index (χ0n) is 25.8. The van der Waals surface area contributed by atoms with Crippen LogP contribution < -0.4 is 28.4 Å². The molecule has 0 radical (unpaired) electrons. The predicted molar refractivity (Wildman–Crippen MR) is 175 cm³/mol. The van der Waals surface area contributed by atoms with Crippen LogP contribution in [0.25, 0.3) is 44.6 Å². The number of methoxy groups -OCH3 is 2. The lowest BCUT2D eigenvalue weighted by Crippen LogP contribution is -1.95. The first-order chi connectivity index (χ1) is 23.1. The van der Waals surface area contributed by atoms with Gasteiger partial charge < -0.3 is 37.3 Å². The Hall–Kier alpha value is -5.83. The Labute approximate surface area is 269 Å². The minimum Gasteiger partial charge on any atom is -0.493 e. The van der Waals surface area contributed by atoms with Crippen LogP contribution in [0.5, 0.6) is 34.5 Å². The molecule has 236 valence electrons. The number of fused-ring (bicyclic) bond motifs is 4. The first-order valence-electron chi connectivity index (χ1n) is 15.2. The van der Waals surface area contributed by atoms with E-state index in [1.54, 1.807) is 14.2 Å². The van der Waals surface area contributed by atoms with Crippen LogP contribution in [0, 0.1) is 0 Å². The zero-order chi connectivity index (χ0) is 31.9. The number of hydrogen-bond donors (Lipinski definition) is 0. The third-order valence-corrected chi connectivity index (χ3v) is 8.44. The number of aldehydes is 1. The van der Waals surface area contributed by atoms with Crippen molar-refractivity contribution < 1.29 is 42.1 Å². The smallest absolute Gasteiger partial charge is 0.231 e. The fraction of sp³-hybridized carbons (Fsp3) is 0.184. The van der Waals surface area contributed by atoms with Gasteiger partial charge in [-0.05, 0) is 102 Å². The van der Waals surface area contributed by atoms with E-state index in [-0.39, 0.29) is 13.6 Å². The summed E-state index contributed by atoms with van der Waals surface area (Å²) in [6.07, 6.45) is 4.76. The highest BCUT2D eigenvalue weighted by atomic mass is 16.7. The van der Waals surface area contributed by atoms with Crippen LogP contribution in [-0.2, 0) is 17.6 Å². The summed E-state index contributed by atoms with van der Waals surface area (Å²) in [5, 5.41) is 1.82. The molecule has 0 spiro atoms. The van der Waals surface area contributed by atoms with Gasteiger partial charge in [-0.1, -0.05) is 6.08 Å². The molecule has 2 aliphatic heterocycles. The van der Waals surface area contributed by atoms with E-state index in [0.29, 0.717) is 69.8 Å². The Morgan fingerprint density at radius 1 is 0.660 bits per heavy atom. The van der Waals surface area contributed by atoms with Crippen molar-refractivity contribution in [1.29, 1.82) is 0 Å². The average molecular weight is 631 g/mol. The molecule has 8 rings (SSSR count). The van der Waals surface area contributed by atoms with E-state index in [1.807, 2.05) is 72.8 Å². The summed E-state index contributed by atoms with van der Waals surface area (Å²) in [6.45, 7) is 0.425. The van der Waals surface area contributed by atoms with Gasteiger partial charge >= 0.3 is 0 Å². The van der Waals surface area contributed by atoms with E-state index < -0.39 is 0 Å². The fourth-order valence-corrected chi connectivity index (χ4v) is 6.12. The number of furan rings is 2. The Morgan fingerprint density at radius 3 is 1.74 bits per heavy atom. The standard InChI is InChI=1S/C38H30O9/c1-40-35-13-22(11-27-17-31(46-37(27)35)25-6-8-29-33(15-25)44-20-42-29)4-3-5-23(19-39)10-24-12-28-18-32(47-38(28)36(14-24)41-2)26-7-9-30-34(16-26)45-21-43-30/h5-9,11-19H,3-4,10,20-21H2,1-2H3/b23-5-. The number of aryl methyl sites for hydroxylation is 1. The second kappa shape index (κ2) is 11.8. The van der Waals surface area contributed by atoms with E-state index in [9.17, 15) is 4.79 Å². The molecule has 0 bridgehead atoms. The lowest BCUT2D eigenvalue weighted by Gasteiger charge is -2.07. The van der Waals surface area contributed by atoms with Gasteiger partial charge in [-0.15, -0.1) is 0 Å². The van der Waals surface area contributed by atoms with Crippen molar-refractivity contribution in [2.24, 2.45) is 0 Å². The summed E-state index contributed by atoms with van der Waals surface area (Å²) in [6, 6.07) is 23.5. The maximum absolute atomic E-state index is 12.1. The number of ether oxygens (including phenoxy) is 6. The van der Waals surface area contributed by atoms with Crippen molar-refractivity contribution >= 4 is 28.2 Å². The molecule has 0 aliphatic carbocycles. The van der Waals surface area contributed by atoms with Gasteiger partial charge in [-0.3, -0.25) is 4.79 Å². The van der Waals surface area contributed by atoms with Gasteiger partial charge in [0.1, 0.15) is 17.8 Å². The molecule has 0 fully saturated rings. The van der Waals surface area contributed by atoms with Crippen molar-refractivity contribution in [2.75, 3.05) is 27.8 Å². The van der Waals surface area contributed by atoms with E-state index in [2.05, 4.69) is 6.07 Å². The molecular weight excluding hydrogens is 600 g/mol. The van der Waals surface area contributed by atoms with Gasteiger partial charge in [0.05, 0.1) is 14.2 Å². The van der Waals surface area contributed by atoms with Gasteiger partial charge in [0, 0.05) is 28.3 Å². The molecule has 0 saturated carbocycles. The Morgan fingerprint density at radius 2 is 1.19 bits per heavy atom. The monoisotopic (exact) mass is 630 g/mol. The number of hydrogen-bond acceptors (Lipinski definition) is 9. The molecule has 4 heterocycles. The highest BCUT2D eigenvalue weighted by molar-refractivity contribution is 5.90. The van der Waals surface area contributed by atoms with E-state index in [4.69, 9.17) is 37.3 Å². The van der Waals surface area contributed by atoms with Crippen LogP contribution in [0.15, 0.2) is 93.3 Å². The van der Waals surface area contributed by atoms with Crippen LogP contribution in [0.2, 0.25) is 0 Å². The van der Waals surface area contributed by atoms with Crippen molar-refractivity contribution in [3.8, 4) is 57.1 Å². The molecule has 2 aliphatic rings. The third kappa shape index (κ3) is 5.39. The third-order valence-electron chi connectivity index (χ3n) is 8.44. The molecule has 0 saturated heterocycles. The number of carbonyl (C=O) groups is 1. The van der Waals surface area contributed by atoms with E-state index >= 15 is 0 Å². The molecule has 4 aromatic carbocycles. The van der Waals surface area contributed by atoms with E-state index in [1.165, 1.54) is 0 Å². The minimum absolute atomic E-state index is 0.209. The number of allylic oxidation sites excluding steroid dienone is 2. The van der Waals surface area contributed by atoms with Gasteiger partial charge in [0.15, 0.2) is 45.7 Å². The van der Waals surface area contributed by atoms with Crippen molar-refractivity contribution in [3.63, 3.8) is 0 Å². The summed E-state index contributed by atoms with van der Waals surface area (Å²) in [5.41, 5.74) is 5.80. The average Bonchev–Trinajstić information content (AvgIpc) is 3.91. The summed E-state index contributed by atoms with van der Waals surface area (Å²) < 4.78 is 45.7. The molecule has 0 amide bonds. The second-order valence-corrected chi connectivity index (χ2v) is 11.4. The molecule has 9 heteroatoms. The Kier molecular flexibility index (Phi) is 7.21. The van der Waals surface area contributed by atoms with Crippen LogP contribution in [0.3, 0.4) is 0 Å². The molecule has 0 N–H and O–H groups in total. The molecule has 47 heavy (non-hydrogen) atoms. The lowest BCUT2D eigenvalue weighted by molar-refractivity contribution is -0.105. The quantitative estimate of drug-likeness (QED) is 0.109. The summed E-state index contributed by atoms with van der Waals surface area (Å²) >= 11 is 0. The topological polar surface area (TPSA) is 98.7 Å². The largest absolute Gasteiger partial charge is 0.493 e. The van der Waals surface area contributed by atoms with Crippen LogP contribution in [-0.4, -0.2) is 34.1 Å². The Balaban J connectivity index is 1.00. The first-order valence-corrected chi connectivity index (χ1v) is 15.2. The maximum atomic E-state index is 12.1. The molecule has 9 nitrogen and oxygen atoms in total. The number of carbonyl (C=O) groups excluding carboxylic acids is 1. The minimum atomic E-state index is 0.209. The molecule has 6 aromatic rings. The van der Waals surface area contributed by atoms with Gasteiger partial charge in [0.2, 0.25) is 13.6 Å². The van der Waals surface area contributed by atoms with Crippen molar-refractivity contribution in [2.45, 2.75) is 19.3 Å². The molecular formula is C38H30O9. The van der Waals surface area contributed by atoms with Crippen LogP contribution in [0.4, 0.5) is 0 Å². The van der Waals surface area contributed by atoms with Gasteiger partial charge in [-0.2, -0.15) is 0 Å². The van der Waals surface area contributed by atoms with Crippen molar-refractivity contribution in [1.82, 2.24) is 0 Å². The number of benzene rings is 4. The molecule has 2 aromatic heterocycles. The van der Waals surface area contributed by atoms with Crippen LogP contribution in [0.1, 0.15) is 17.5 Å². The van der Waals surface area contributed by atoms with Gasteiger partial charge in [-0.25, -0.2) is 0 Å². The second-order valence-electron chi connectivity index (χ2n) is 11.4.